The number of aromatic nitrogens is 3. The van der Waals surface area contributed by atoms with Gasteiger partial charge in [0.05, 0.1) is 12.1 Å². The van der Waals surface area contributed by atoms with Crippen molar-refractivity contribution in [1.82, 2.24) is 20.1 Å². The van der Waals surface area contributed by atoms with Crippen LogP contribution in [0.4, 0.5) is 10.5 Å². The van der Waals surface area contributed by atoms with Crippen LogP contribution in [0.1, 0.15) is 35.1 Å². The van der Waals surface area contributed by atoms with Crippen molar-refractivity contribution in [3.8, 4) is 0 Å². The number of hydrogen-bond acceptors (Lipinski definition) is 5. The molecule has 2 amide bonds. The van der Waals surface area contributed by atoms with Crippen LogP contribution in [-0.2, 0) is 24.4 Å². The third-order valence-electron chi connectivity index (χ3n) is 3.51. The molecule has 1 aromatic carbocycles. The molecule has 2 N–H and O–H groups in total. The Kier molecular flexibility index (Phi) is 4.22. The molecule has 8 heteroatoms. The van der Waals surface area contributed by atoms with Crippen LogP contribution >= 0.6 is 0 Å². The number of hydrogen-bond donors (Lipinski definition) is 2. The number of ether oxygens (including phenoxy) is 1. The highest BCUT2D eigenvalue weighted by Crippen LogP contribution is 2.23. The van der Waals surface area contributed by atoms with Gasteiger partial charge >= 0.3 is 12.0 Å². The number of rotatable bonds is 5. The van der Waals surface area contributed by atoms with Crippen molar-refractivity contribution in [1.29, 1.82) is 0 Å². The quantitative estimate of drug-likeness (QED) is 0.818. The molecule has 0 radical (unpaired) electrons. The molecule has 0 spiro atoms. The summed E-state index contributed by atoms with van der Waals surface area (Å²) >= 11 is 0. The average Bonchev–Trinajstić information content (AvgIpc) is 3.13. The van der Waals surface area contributed by atoms with E-state index in [4.69, 9.17) is 4.74 Å². The van der Waals surface area contributed by atoms with Crippen LogP contribution in [0.15, 0.2) is 24.5 Å². The Hall–Kier alpha value is -2.90. The SMILES string of the molecule is CCCn1cnnc1CNC(=O)Nc1ccc2c(c1)C(=O)OC2. The standard InChI is InChI=1S/C15H17N5O3/c1-2-5-20-9-17-19-13(20)7-16-15(22)18-11-4-3-10-8-23-14(21)12(10)6-11/h3-4,6,9H,2,5,7-8H2,1H3,(H2,16,18,22). The molecule has 2 aromatic rings. The molecule has 0 unspecified atom stereocenters. The molecule has 2 heterocycles. The van der Waals surface area contributed by atoms with Crippen molar-refractivity contribution >= 4 is 17.7 Å². The topological polar surface area (TPSA) is 98.1 Å². The molecule has 0 bridgehead atoms. The summed E-state index contributed by atoms with van der Waals surface area (Å²) in [6.45, 7) is 3.42. The number of amides is 2. The van der Waals surface area contributed by atoms with Gasteiger partial charge in [-0.15, -0.1) is 10.2 Å². The van der Waals surface area contributed by atoms with E-state index in [1.165, 1.54) is 0 Å². The molecule has 3 rings (SSSR count). The number of benzene rings is 1. The minimum absolute atomic E-state index is 0.277. The molecule has 0 saturated carbocycles. The van der Waals surface area contributed by atoms with Crippen molar-refractivity contribution in [3.05, 3.63) is 41.5 Å². The third-order valence-corrected chi connectivity index (χ3v) is 3.51. The highest BCUT2D eigenvalue weighted by atomic mass is 16.5. The summed E-state index contributed by atoms with van der Waals surface area (Å²) in [6, 6.07) is 4.75. The Balaban J connectivity index is 1.58. The predicted octanol–water partition coefficient (Wildman–Crippen LogP) is 1.68. The Morgan fingerprint density at radius 1 is 1.43 bits per heavy atom. The lowest BCUT2D eigenvalue weighted by Crippen LogP contribution is -2.29. The lowest BCUT2D eigenvalue weighted by atomic mass is 10.1. The number of esters is 1. The molecule has 1 aliphatic rings. The van der Waals surface area contributed by atoms with E-state index < -0.39 is 0 Å². The maximum absolute atomic E-state index is 12.0. The van der Waals surface area contributed by atoms with Gasteiger partial charge in [-0.1, -0.05) is 13.0 Å². The number of urea groups is 1. The van der Waals surface area contributed by atoms with Gasteiger partial charge in [0, 0.05) is 17.8 Å². The van der Waals surface area contributed by atoms with Crippen molar-refractivity contribution < 1.29 is 14.3 Å². The van der Waals surface area contributed by atoms with Gasteiger partial charge in [0.2, 0.25) is 0 Å². The van der Waals surface area contributed by atoms with Crippen LogP contribution in [0.3, 0.4) is 0 Å². The molecule has 1 aromatic heterocycles. The first-order valence-electron chi connectivity index (χ1n) is 7.39. The second kappa shape index (κ2) is 6.47. The molecular weight excluding hydrogens is 298 g/mol. The van der Waals surface area contributed by atoms with Crippen molar-refractivity contribution in [2.45, 2.75) is 33.0 Å². The van der Waals surface area contributed by atoms with Crippen molar-refractivity contribution in [2.75, 3.05) is 5.32 Å². The zero-order valence-electron chi connectivity index (χ0n) is 12.7. The lowest BCUT2D eigenvalue weighted by molar-refractivity contribution is 0.0535. The monoisotopic (exact) mass is 315 g/mol. The van der Waals surface area contributed by atoms with Crippen LogP contribution in [0, 0.1) is 0 Å². The Labute approximate surface area is 132 Å². The van der Waals surface area contributed by atoms with Crippen molar-refractivity contribution in [3.63, 3.8) is 0 Å². The van der Waals surface area contributed by atoms with E-state index in [0.29, 0.717) is 17.1 Å². The number of carbonyl (C=O) groups excluding carboxylic acids is 2. The largest absolute Gasteiger partial charge is 0.457 e. The van der Waals surface area contributed by atoms with E-state index >= 15 is 0 Å². The summed E-state index contributed by atoms with van der Waals surface area (Å²) < 4.78 is 6.83. The van der Waals surface area contributed by atoms with E-state index in [-0.39, 0.29) is 25.2 Å². The van der Waals surface area contributed by atoms with Gasteiger partial charge in [0.15, 0.2) is 5.82 Å². The number of cyclic esters (lactones) is 1. The van der Waals surface area contributed by atoms with Gasteiger partial charge in [-0.2, -0.15) is 0 Å². The number of nitrogens with one attached hydrogen (secondary N) is 2. The molecule has 8 nitrogen and oxygen atoms in total. The molecule has 23 heavy (non-hydrogen) atoms. The molecule has 120 valence electrons. The minimum Gasteiger partial charge on any atom is -0.457 e. The number of fused-ring (bicyclic) bond motifs is 1. The zero-order valence-corrected chi connectivity index (χ0v) is 12.7. The van der Waals surface area contributed by atoms with Crippen LogP contribution in [-0.4, -0.2) is 26.8 Å². The van der Waals surface area contributed by atoms with Crippen LogP contribution < -0.4 is 10.6 Å². The summed E-state index contributed by atoms with van der Waals surface area (Å²) in [5.41, 5.74) is 1.86. The number of aryl methyl sites for hydroxylation is 1. The third kappa shape index (κ3) is 3.31. The maximum atomic E-state index is 12.0. The first-order valence-corrected chi connectivity index (χ1v) is 7.39. The van der Waals surface area contributed by atoms with Crippen molar-refractivity contribution in [2.24, 2.45) is 0 Å². The highest BCUT2D eigenvalue weighted by molar-refractivity contribution is 5.96. The van der Waals surface area contributed by atoms with Gasteiger partial charge < -0.3 is 19.9 Å². The summed E-state index contributed by atoms with van der Waals surface area (Å²) in [5, 5.41) is 13.2. The van der Waals surface area contributed by atoms with E-state index in [9.17, 15) is 9.59 Å². The second-order valence-electron chi connectivity index (χ2n) is 5.20. The molecular formula is C15H17N5O3. The summed E-state index contributed by atoms with van der Waals surface area (Å²) in [7, 11) is 0. The first-order chi connectivity index (χ1) is 11.2. The summed E-state index contributed by atoms with van der Waals surface area (Å²) in [4.78, 5) is 23.5. The molecule has 0 atom stereocenters. The van der Waals surface area contributed by atoms with Gasteiger partial charge in [-0.05, 0) is 18.6 Å². The Bertz CT molecular complexity index is 740. The summed E-state index contributed by atoms with van der Waals surface area (Å²) in [5.74, 6) is 0.330. The molecule has 0 aliphatic carbocycles. The molecule has 0 fully saturated rings. The first kappa shape index (κ1) is 15.0. The number of anilines is 1. The molecule has 0 saturated heterocycles. The predicted molar refractivity (Wildman–Crippen MR) is 81.7 cm³/mol. The number of nitrogens with zero attached hydrogens (tertiary/aromatic N) is 3. The fraction of sp³-hybridized carbons (Fsp3) is 0.333. The smallest absolute Gasteiger partial charge is 0.338 e. The maximum Gasteiger partial charge on any atom is 0.338 e. The second-order valence-corrected chi connectivity index (χ2v) is 5.20. The van der Waals surface area contributed by atoms with E-state index in [0.717, 1.165) is 18.5 Å². The van der Waals surface area contributed by atoms with Crippen LogP contribution in [0.25, 0.3) is 0 Å². The fourth-order valence-corrected chi connectivity index (χ4v) is 2.37. The van der Waals surface area contributed by atoms with Crippen LogP contribution in [0.5, 0.6) is 0 Å². The van der Waals surface area contributed by atoms with Gasteiger partial charge in [-0.3, -0.25) is 0 Å². The highest BCUT2D eigenvalue weighted by Gasteiger charge is 2.21. The van der Waals surface area contributed by atoms with Gasteiger partial charge in [0.25, 0.3) is 0 Å². The van der Waals surface area contributed by atoms with Gasteiger partial charge in [0.1, 0.15) is 12.9 Å². The van der Waals surface area contributed by atoms with E-state index in [1.54, 1.807) is 24.5 Å². The average molecular weight is 315 g/mol. The zero-order chi connectivity index (χ0) is 16.2. The normalized spacial score (nSPS) is 12.7. The van der Waals surface area contributed by atoms with Crippen LogP contribution in [0.2, 0.25) is 0 Å². The molecule has 1 aliphatic heterocycles. The summed E-state index contributed by atoms with van der Waals surface area (Å²) in [6.07, 6.45) is 2.60. The lowest BCUT2D eigenvalue weighted by Gasteiger charge is -2.09. The van der Waals surface area contributed by atoms with E-state index in [1.807, 2.05) is 4.57 Å². The van der Waals surface area contributed by atoms with E-state index in [2.05, 4.69) is 27.8 Å². The Morgan fingerprint density at radius 3 is 3.13 bits per heavy atom. The fourth-order valence-electron chi connectivity index (χ4n) is 2.37. The van der Waals surface area contributed by atoms with Gasteiger partial charge in [-0.25, -0.2) is 9.59 Å². The minimum atomic E-state index is -0.373. The Morgan fingerprint density at radius 2 is 2.30 bits per heavy atom. The number of carbonyl (C=O) groups is 2.